The fourth-order valence-corrected chi connectivity index (χ4v) is 15.1. The van der Waals surface area contributed by atoms with Gasteiger partial charge in [-0.2, -0.15) is 0 Å². The van der Waals surface area contributed by atoms with Gasteiger partial charge in [0.05, 0.1) is 35.1 Å². The molecule has 4 aliphatic heterocycles. The summed E-state index contributed by atoms with van der Waals surface area (Å²) >= 11 is 7.19. The van der Waals surface area contributed by atoms with Crippen molar-refractivity contribution in [2.45, 2.75) is 60.6 Å². The van der Waals surface area contributed by atoms with E-state index in [1.165, 1.54) is 98.9 Å². The van der Waals surface area contributed by atoms with Gasteiger partial charge >= 0.3 is 0 Å². The lowest BCUT2D eigenvalue weighted by molar-refractivity contribution is -0.462. The van der Waals surface area contributed by atoms with Gasteiger partial charge in [-0.1, -0.05) is 42.1 Å². The first kappa shape index (κ1) is 63.8. The van der Waals surface area contributed by atoms with Crippen LogP contribution in [0.2, 0.25) is 0 Å². The van der Waals surface area contributed by atoms with Crippen molar-refractivity contribution in [3.63, 3.8) is 0 Å². The van der Waals surface area contributed by atoms with E-state index in [1.807, 2.05) is 35.3 Å². The van der Waals surface area contributed by atoms with Crippen molar-refractivity contribution in [1.29, 1.82) is 0 Å². The molecule has 1 fully saturated rings. The smallest absolute Gasteiger partial charge is 0.200 e. The third-order valence-electron chi connectivity index (χ3n) is 15.0. The standard InChI is InChI=1S/C16H22N3S.2C16H21N3S.C16H20N3S.ClH.H2O/c4*1-18(2)11-5-7-13-15(9-11)20-16-10-12(19(3)4)6-8-14(16)17-13;;/h5-10,13-15,17H,1-4H3;2*5-10,13,15,17H,1-4H3;5-10,13,17H,1-4H3;1H;1H2/q+1;;;+1;;. The minimum Gasteiger partial charge on any atom is -1.00 e. The first-order chi connectivity index (χ1) is 38.2. The van der Waals surface area contributed by atoms with E-state index >= 15 is 0 Å². The number of allylic oxidation sites excluding steroid dienone is 7. The summed E-state index contributed by atoms with van der Waals surface area (Å²) in [5.74, 6) is 0. The lowest BCUT2D eigenvalue weighted by atomic mass is 10.0. The van der Waals surface area contributed by atoms with E-state index in [-0.39, 0.29) is 17.9 Å². The van der Waals surface area contributed by atoms with Crippen molar-refractivity contribution in [2.75, 3.05) is 143 Å². The number of fused-ring (bicyclic) bond motifs is 8. The Morgan fingerprint density at radius 3 is 1.48 bits per heavy atom. The number of thiol groups is 1. The zero-order valence-corrected chi connectivity index (χ0v) is 54.7. The average Bonchev–Trinajstić information content (AvgIpc) is 3.52. The molecule has 0 amide bonds. The Hall–Kier alpha value is -5.79. The molecular weight excluding hydrogens is 1120 g/mol. The molecule has 5 aliphatic carbocycles. The highest BCUT2D eigenvalue weighted by Gasteiger charge is 2.37. The second kappa shape index (κ2) is 27.7. The van der Waals surface area contributed by atoms with Gasteiger partial charge in [-0.05, 0) is 85.0 Å². The van der Waals surface area contributed by atoms with Crippen LogP contribution in [0, 0.1) is 0 Å². The summed E-state index contributed by atoms with van der Waals surface area (Å²) in [4.78, 5) is 19.8. The molecule has 438 valence electrons. The van der Waals surface area contributed by atoms with E-state index in [1.54, 1.807) is 0 Å². The molecule has 0 saturated carbocycles. The molecule has 3 aromatic carbocycles. The second-order valence-electron chi connectivity index (χ2n) is 22.8. The summed E-state index contributed by atoms with van der Waals surface area (Å²) in [6, 6.07) is 21.8. The highest BCUT2D eigenvalue weighted by atomic mass is 35.5. The van der Waals surface area contributed by atoms with Crippen molar-refractivity contribution >= 4 is 92.6 Å². The minimum absolute atomic E-state index is 0. The summed E-state index contributed by atoms with van der Waals surface area (Å²) in [5.41, 5.74) is 13.9. The van der Waals surface area contributed by atoms with Crippen LogP contribution in [0.1, 0.15) is 0 Å². The number of benzene rings is 3. The Morgan fingerprint density at radius 1 is 0.451 bits per heavy atom. The van der Waals surface area contributed by atoms with Crippen molar-refractivity contribution in [3.8, 4) is 0 Å². The van der Waals surface area contributed by atoms with Crippen LogP contribution in [0.3, 0.4) is 0 Å². The third kappa shape index (κ3) is 15.1. The molecule has 1 saturated heterocycles. The summed E-state index contributed by atoms with van der Waals surface area (Å²) < 4.78 is 4.31. The van der Waals surface area contributed by atoms with Gasteiger partial charge in [-0.25, -0.2) is 9.15 Å². The number of hydrogen-bond acceptors (Lipinski definition) is 13. The van der Waals surface area contributed by atoms with Gasteiger partial charge in [0, 0.05) is 203 Å². The van der Waals surface area contributed by atoms with E-state index in [9.17, 15) is 0 Å². The third-order valence-corrected chi connectivity index (χ3v) is 20.3. The Labute approximate surface area is 512 Å². The Balaban J connectivity index is 0.000000156. The summed E-state index contributed by atoms with van der Waals surface area (Å²) in [7, 11) is 33.4. The molecule has 18 heteroatoms. The van der Waals surface area contributed by atoms with Crippen LogP contribution < -0.4 is 48.4 Å². The van der Waals surface area contributed by atoms with E-state index in [0.29, 0.717) is 46.0 Å². The topological polar surface area (TPSA) is 105 Å². The first-order valence-electron chi connectivity index (χ1n) is 27.5. The van der Waals surface area contributed by atoms with Gasteiger partial charge < -0.3 is 63.2 Å². The molecule has 0 spiro atoms. The van der Waals surface area contributed by atoms with Gasteiger partial charge in [-0.15, -0.1) is 23.5 Å². The number of hydrogen-bond donors (Lipinski definition) is 4. The van der Waals surface area contributed by atoms with Gasteiger partial charge in [-0.3, -0.25) is 5.32 Å². The molecule has 13 nitrogen and oxygen atoms in total. The van der Waals surface area contributed by atoms with Crippen LogP contribution >= 0.6 is 35.3 Å². The van der Waals surface area contributed by atoms with Gasteiger partial charge in [0.1, 0.15) is 28.2 Å². The van der Waals surface area contributed by atoms with Crippen LogP contribution in [0.25, 0.3) is 0 Å². The van der Waals surface area contributed by atoms with E-state index in [4.69, 9.17) is 0 Å². The van der Waals surface area contributed by atoms with E-state index in [2.05, 4.69) is 318 Å². The maximum absolute atomic E-state index is 3.72. The van der Waals surface area contributed by atoms with Crippen molar-refractivity contribution in [1.82, 2.24) is 20.0 Å². The van der Waals surface area contributed by atoms with E-state index < -0.39 is 0 Å². The number of rotatable bonds is 6. The molecule has 12 rings (SSSR count). The number of anilines is 6. The Bertz CT molecular complexity index is 3110. The van der Waals surface area contributed by atoms with Crippen LogP contribution in [0.15, 0.2) is 187 Å². The van der Waals surface area contributed by atoms with E-state index in [0.717, 1.165) is 0 Å². The summed E-state index contributed by atoms with van der Waals surface area (Å²) in [6.07, 6.45) is 34.1. The van der Waals surface area contributed by atoms with Crippen LogP contribution in [-0.2, 0) is 11.8 Å². The summed E-state index contributed by atoms with van der Waals surface area (Å²) in [6.45, 7) is 0. The summed E-state index contributed by atoms with van der Waals surface area (Å²) in [5, 5.41) is 16.1. The van der Waals surface area contributed by atoms with Crippen molar-refractivity contribution in [3.05, 3.63) is 173 Å². The monoisotopic (exact) mass is 1200 g/mol. The first-order valence-corrected chi connectivity index (χ1v) is 31.0. The predicted octanol–water partition coefficient (Wildman–Crippen LogP) is 5.72. The van der Waals surface area contributed by atoms with Crippen molar-refractivity contribution < 1.29 is 27.0 Å². The molecule has 9 aliphatic rings. The average molecular weight is 1200 g/mol. The fourth-order valence-electron chi connectivity index (χ4n) is 10.1. The largest absolute Gasteiger partial charge is 1.00 e. The molecule has 8 atom stereocenters. The zero-order valence-electron chi connectivity index (χ0n) is 50.6. The van der Waals surface area contributed by atoms with Crippen LogP contribution in [0.4, 0.5) is 34.1 Å². The highest BCUT2D eigenvalue weighted by Crippen LogP contribution is 2.45. The SMILES string of the molecule is CN(C)C1=CC2SC3=CC(=[N+](C)C)C=CC3NC2C=C1.CN(C)C1=CC2Sc3cc(N(C)C)ccc3NC2C=C1.CN(C)C1=CC2[SH+]c3cc(N(C)C)ccc3NC2C=C1.CN(C)c1ccc2c(c1)SC1=CC(=[N+](C)C)C=CC1N2.O.[Cl-]. The van der Waals surface area contributed by atoms with Gasteiger partial charge in [0.25, 0.3) is 0 Å². The lowest BCUT2D eigenvalue weighted by Crippen LogP contribution is -3.00. The van der Waals surface area contributed by atoms with Crippen LogP contribution in [0.5, 0.6) is 0 Å². The molecule has 0 radical (unpaired) electrons. The highest BCUT2D eigenvalue weighted by molar-refractivity contribution is 8.04. The lowest BCUT2D eigenvalue weighted by Gasteiger charge is -2.38. The number of thioether (sulfide) groups is 3. The molecule has 8 unspecified atom stereocenters. The van der Waals surface area contributed by atoms with Crippen molar-refractivity contribution in [2.24, 2.45) is 0 Å². The molecule has 82 heavy (non-hydrogen) atoms. The molecule has 4 heterocycles. The number of halogens is 1. The normalized spacial score (nSPS) is 23.8. The minimum atomic E-state index is 0. The second-order valence-corrected chi connectivity index (χ2v) is 27.7. The maximum Gasteiger partial charge on any atom is 0.200 e. The zero-order chi connectivity index (χ0) is 57.1. The van der Waals surface area contributed by atoms with Gasteiger partial charge in [0.15, 0.2) is 21.6 Å². The van der Waals surface area contributed by atoms with Crippen LogP contribution in [-0.4, -0.2) is 199 Å². The molecule has 3 aromatic rings. The number of likely N-dealkylation sites (N-methyl/N-ethyl adjacent to an activating group) is 3. The molecule has 0 aromatic heterocycles. The fraction of sp³-hybridized carbons (Fsp3) is 0.375. The Morgan fingerprint density at radius 2 is 0.915 bits per heavy atom. The predicted molar refractivity (Wildman–Crippen MR) is 358 cm³/mol. The molecular formula is C64H87ClN12OS4+2. The quantitative estimate of drug-likeness (QED) is 0.138. The Kier molecular flexibility index (Phi) is 21.6. The molecule has 0 bridgehead atoms. The number of nitrogens with one attached hydrogen (secondary N) is 4. The molecule has 6 N–H and O–H groups in total. The maximum atomic E-state index is 3.72. The van der Waals surface area contributed by atoms with Gasteiger partial charge in [0.2, 0.25) is 0 Å². The number of nitrogens with zero attached hydrogens (tertiary/aromatic N) is 8.